The van der Waals surface area contributed by atoms with Crippen molar-refractivity contribution < 1.29 is 9.53 Å². The normalized spacial score (nSPS) is 14.8. The predicted octanol–water partition coefficient (Wildman–Crippen LogP) is 4.37. The molecule has 1 fully saturated rings. The molecule has 0 saturated heterocycles. The van der Waals surface area contributed by atoms with Crippen LogP contribution in [-0.4, -0.2) is 51.5 Å². The molecule has 2 aromatic rings. The number of nitrogens with zero attached hydrogens (tertiary/aromatic N) is 4. The Hall–Kier alpha value is -1.73. The number of amides is 1. The molecule has 1 heterocycles. The monoisotopic (exact) mass is 422 g/mol. The standard InChI is InChI=1S/C20H27ClN4O2S/c1-15-22-23-20(25(15)17-6-4-3-5-7-17)28-14-19(26)24(2)12-13-27-18-10-8-16(21)9-11-18/h8-11,17H,3-7,12-14H2,1-2H3. The van der Waals surface area contributed by atoms with Gasteiger partial charge in [-0.1, -0.05) is 42.6 Å². The van der Waals surface area contributed by atoms with Gasteiger partial charge in [0.25, 0.3) is 0 Å². The van der Waals surface area contributed by atoms with Gasteiger partial charge in [0.2, 0.25) is 5.91 Å². The van der Waals surface area contributed by atoms with Crippen LogP contribution in [0.4, 0.5) is 0 Å². The molecule has 1 amide bonds. The van der Waals surface area contributed by atoms with E-state index in [1.54, 1.807) is 24.1 Å². The van der Waals surface area contributed by atoms with Crippen LogP contribution in [0.3, 0.4) is 0 Å². The van der Waals surface area contributed by atoms with Gasteiger partial charge in [0.1, 0.15) is 18.2 Å². The fourth-order valence-electron chi connectivity index (χ4n) is 3.40. The lowest BCUT2D eigenvalue weighted by Crippen LogP contribution is -2.32. The maximum absolute atomic E-state index is 12.5. The molecule has 1 saturated carbocycles. The molecule has 0 atom stereocenters. The van der Waals surface area contributed by atoms with Crippen molar-refractivity contribution in [2.75, 3.05) is 26.0 Å². The number of aryl methyl sites for hydroxylation is 1. The van der Waals surface area contributed by atoms with Gasteiger partial charge < -0.3 is 14.2 Å². The number of hydrogen-bond acceptors (Lipinski definition) is 5. The molecule has 1 aromatic heterocycles. The van der Waals surface area contributed by atoms with Crippen molar-refractivity contribution in [2.45, 2.75) is 50.2 Å². The molecule has 3 rings (SSSR count). The molecule has 0 N–H and O–H groups in total. The van der Waals surface area contributed by atoms with E-state index in [2.05, 4.69) is 14.8 Å². The molecule has 1 aliphatic rings. The molecule has 0 spiro atoms. The minimum absolute atomic E-state index is 0.0561. The molecule has 1 aromatic carbocycles. The SMILES string of the molecule is Cc1nnc(SCC(=O)N(C)CCOc2ccc(Cl)cc2)n1C1CCCCC1. The highest BCUT2D eigenvalue weighted by Gasteiger charge is 2.22. The van der Waals surface area contributed by atoms with Crippen LogP contribution in [0.5, 0.6) is 5.75 Å². The third-order valence-electron chi connectivity index (χ3n) is 5.03. The van der Waals surface area contributed by atoms with Gasteiger partial charge in [-0.25, -0.2) is 0 Å². The van der Waals surface area contributed by atoms with Crippen LogP contribution in [0, 0.1) is 6.92 Å². The van der Waals surface area contributed by atoms with Crippen LogP contribution in [0.1, 0.15) is 44.0 Å². The Morgan fingerprint density at radius 1 is 1.25 bits per heavy atom. The van der Waals surface area contributed by atoms with Gasteiger partial charge >= 0.3 is 0 Å². The molecule has 8 heteroatoms. The predicted molar refractivity (Wildman–Crippen MR) is 112 cm³/mol. The van der Waals surface area contributed by atoms with Gasteiger partial charge in [-0.15, -0.1) is 10.2 Å². The van der Waals surface area contributed by atoms with Crippen molar-refractivity contribution in [3.8, 4) is 5.75 Å². The Morgan fingerprint density at radius 2 is 1.96 bits per heavy atom. The maximum Gasteiger partial charge on any atom is 0.232 e. The first-order valence-electron chi connectivity index (χ1n) is 9.71. The molecule has 6 nitrogen and oxygen atoms in total. The second-order valence-electron chi connectivity index (χ2n) is 7.10. The zero-order chi connectivity index (χ0) is 19.9. The van der Waals surface area contributed by atoms with Crippen molar-refractivity contribution >= 4 is 29.3 Å². The number of halogens is 1. The van der Waals surface area contributed by atoms with Crippen molar-refractivity contribution in [3.63, 3.8) is 0 Å². The highest BCUT2D eigenvalue weighted by molar-refractivity contribution is 7.99. The van der Waals surface area contributed by atoms with Crippen LogP contribution >= 0.6 is 23.4 Å². The second-order valence-corrected chi connectivity index (χ2v) is 8.48. The number of aromatic nitrogens is 3. The number of rotatable bonds is 8. The number of carbonyl (C=O) groups excluding carboxylic acids is 1. The number of thioether (sulfide) groups is 1. The lowest BCUT2D eigenvalue weighted by Gasteiger charge is -2.25. The van der Waals surface area contributed by atoms with E-state index < -0.39 is 0 Å². The fourth-order valence-corrected chi connectivity index (χ4v) is 4.52. The zero-order valence-electron chi connectivity index (χ0n) is 16.4. The summed E-state index contributed by atoms with van der Waals surface area (Å²) in [7, 11) is 1.80. The zero-order valence-corrected chi connectivity index (χ0v) is 18.0. The van der Waals surface area contributed by atoms with Crippen LogP contribution in [-0.2, 0) is 4.79 Å². The lowest BCUT2D eigenvalue weighted by atomic mass is 9.95. The minimum Gasteiger partial charge on any atom is -0.492 e. The first-order valence-corrected chi connectivity index (χ1v) is 11.1. The average molecular weight is 423 g/mol. The third-order valence-corrected chi connectivity index (χ3v) is 6.21. The van der Waals surface area contributed by atoms with Gasteiger partial charge in [-0.05, 0) is 44.0 Å². The van der Waals surface area contributed by atoms with Crippen LogP contribution < -0.4 is 4.74 Å². The Labute approximate surface area is 175 Å². The van der Waals surface area contributed by atoms with Gasteiger partial charge in [0.05, 0.1) is 12.3 Å². The fraction of sp³-hybridized carbons (Fsp3) is 0.550. The average Bonchev–Trinajstić information content (AvgIpc) is 3.08. The van der Waals surface area contributed by atoms with Crippen LogP contribution in [0.25, 0.3) is 0 Å². The number of hydrogen-bond donors (Lipinski definition) is 0. The Balaban J connectivity index is 1.46. The van der Waals surface area contributed by atoms with Gasteiger partial charge in [0, 0.05) is 18.1 Å². The van der Waals surface area contributed by atoms with E-state index >= 15 is 0 Å². The van der Waals surface area contributed by atoms with Crippen LogP contribution in [0.2, 0.25) is 5.02 Å². The minimum atomic E-state index is 0.0561. The highest BCUT2D eigenvalue weighted by Crippen LogP contribution is 2.32. The van der Waals surface area contributed by atoms with E-state index in [1.165, 1.54) is 43.9 Å². The van der Waals surface area contributed by atoms with Crippen molar-refractivity contribution in [1.29, 1.82) is 0 Å². The molecular weight excluding hydrogens is 396 g/mol. The molecule has 0 bridgehead atoms. The largest absolute Gasteiger partial charge is 0.492 e. The summed E-state index contributed by atoms with van der Waals surface area (Å²) in [5.74, 6) is 2.09. The Morgan fingerprint density at radius 3 is 2.68 bits per heavy atom. The van der Waals surface area contributed by atoms with Gasteiger partial charge in [-0.3, -0.25) is 4.79 Å². The van der Waals surface area contributed by atoms with E-state index in [0.717, 1.165) is 16.7 Å². The summed E-state index contributed by atoms with van der Waals surface area (Å²) in [6.07, 6.45) is 6.15. The molecule has 28 heavy (non-hydrogen) atoms. The summed E-state index contributed by atoms with van der Waals surface area (Å²) >= 11 is 7.34. The first kappa shape index (κ1) is 21.0. The molecule has 1 aliphatic carbocycles. The molecule has 0 radical (unpaired) electrons. The quantitative estimate of drug-likeness (QED) is 0.591. The second kappa shape index (κ2) is 10.2. The summed E-state index contributed by atoms with van der Waals surface area (Å²) in [6.45, 7) is 2.95. The Bertz CT molecular complexity index is 775. The number of likely N-dealkylation sites (N-methyl/N-ethyl adjacent to an activating group) is 1. The summed E-state index contributed by atoms with van der Waals surface area (Å²) in [6, 6.07) is 7.67. The molecule has 152 valence electrons. The summed E-state index contributed by atoms with van der Waals surface area (Å²) in [5.41, 5.74) is 0. The number of ether oxygens (including phenoxy) is 1. The van der Waals surface area contributed by atoms with E-state index in [9.17, 15) is 4.79 Å². The van der Waals surface area contributed by atoms with E-state index in [-0.39, 0.29) is 5.91 Å². The Kier molecular flexibility index (Phi) is 7.62. The smallest absolute Gasteiger partial charge is 0.232 e. The van der Waals surface area contributed by atoms with E-state index in [4.69, 9.17) is 16.3 Å². The van der Waals surface area contributed by atoms with Crippen LogP contribution in [0.15, 0.2) is 29.4 Å². The van der Waals surface area contributed by atoms with Crippen molar-refractivity contribution in [3.05, 3.63) is 35.1 Å². The molecular formula is C20H27ClN4O2S. The topological polar surface area (TPSA) is 60.3 Å². The summed E-state index contributed by atoms with van der Waals surface area (Å²) < 4.78 is 7.88. The van der Waals surface area contributed by atoms with Gasteiger partial charge in [0.15, 0.2) is 5.16 Å². The van der Waals surface area contributed by atoms with Gasteiger partial charge in [-0.2, -0.15) is 0 Å². The summed E-state index contributed by atoms with van der Waals surface area (Å²) in [4.78, 5) is 14.2. The maximum atomic E-state index is 12.5. The van der Waals surface area contributed by atoms with E-state index in [0.29, 0.717) is 30.0 Å². The third kappa shape index (κ3) is 5.64. The first-order chi connectivity index (χ1) is 13.5. The molecule has 0 unspecified atom stereocenters. The lowest BCUT2D eigenvalue weighted by molar-refractivity contribution is -0.127. The molecule has 0 aliphatic heterocycles. The number of benzene rings is 1. The van der Waals surface area contributed by atoms with E-state index in [1.807, 2.05) is 19.1 Å². The number of carbonyl (C=O) groups is 1. The highest BCUT2D eigenvalue weighted by atomic mass is 35.5. The van der Waals surface area contributed by atoms with Crippen molar-refractivity contribution in [2.24, 2.45) is 0 Å². The van der Waals surface area contributed by atoms with Crippen molar-refractivity contribution in [1.82, 2.24) is 19.7 Å². The summed E-state index contributed by atoms with van der Waals surface area (Å²) in [5, 5.41) is 10.1.